The van der Waals surface area contributed by atoms with Crippen LogP contribution in [-0.4, -0.2) is 70.3 Å². The average molecular weight is 651 g/mol. The topological polar surface area (TPSA) is 179 Å². The molecule has 1 saturated carbocycles. The van der Waals surface area contributed by atoms with Crippen LogP contribution < -0.4 is 31.3 Å². The first kappa shape index (κ1) is 33.0. The number of amides is 2. The van der Waals surface area contributed by atoms with Crippen LogP contribution >= 0.6 is 11.6 Å². The predicted octanol–water partition coefficient (Wildman–Crippen LogP) is 3.82. The molecule has 2 amide bonds. The molecule has 3 aromatic rings. The summed E-state index contributed by atoms with van der Waals surface area (Å²) in [6, 6.07) is 12.0. The summed E-state index contributed by atoms with van der Waals surface area (Å²) < 4.78 is 43.4. The van der Waals surface area contributed by atoms with Crippen molar-refractivity contribution in [1.29, 1.82) is 0 Å². The van der Waals surface area contributed by atoms with E-state index < -0.39 is 48.2 Å². The molecule has 1 aliphatic rings. The highest BCUT2D eigenvalue weighted by molar-refractivity contribution is 6.35. The number of anilines is 4. The second-order valence-electron chi connectivity index (χ2n) is 10.1. The lowest BCUT2D eigenvalue weighted by Gasteiger charge is -2.19. The summed E-state index contributed by atoms with van der Waals surface area (Å²) in [5, 5.41) is 23.7. The van der Waals surface area contributed by atoms with Gasteiger partial charge in [0, 0.05) is 30.0 Å². The quantitative estimate of drug-likeness (QED) is 0.110. The van der Waals surface area contributed by atoms with Crippen molar-refractivity contribution in [2.45, 2.75) is 43.4 Å². The zero-order chi connectivity index (χ0) is 32.6. The first-order chi connectivity index (χ1) is 21.4. The number of alkyl halides is 3. The van der Waals surface area contributed by atoms with Crippen molar-refractivity contribution < 1.29 is 37.4 Å². The number of carbonyl (C=O) groups excluding carboxylic acids is 2. The van der Waals surface area contributed by atoms with Crippen LogP contribution in [0.4, 0.5) is 36.4 Å². The molecule has 0 aliphatic heterocycles. The number of aliphatic carboxylic acids is 1. The van der Waals surface area contributed by atoms with Gasteiger partial charge in [-0.15, -0.1) is 0 Å². The summed E-state index contributed by atoms with van der Waals surface area (Å²) in [6.07, 6.45) is -2.69. The van der Waals surface area contributed by atoms with Gasteiger partial charge in [-0.2, -0.15) is 28.1 Å². The number of carboxylic acid groups (broad SMARTS) is 1. The van der Waals surface area contributed by atoms with Gasteiger partial charge in [-0.1, -0.05) is 23.7 Å². The van der Waals surface area contributed by atoms with Crippen LogP contribution in [-0.2, 0) is 19.9 Å². The molecule has 1 heterocycles. The summed E-state index contributed by atoms with van der Waals surface area (Å²) >= 11 is 6.00. The third kappa shape index (κ3) is 9.82. The third-order valence-electron chi connectivity index (χ3n) is 6.65. The minimum atomic E-state index is -4.61. The molecule has 1 aromatic heterocycles. The molecule has 4 rings (SSSR count). The SMILES string of the molecule is CNC(=O)C(=O)NCCCC(Nc1ccc(Nc2nc(NC3(c4ccc(Cl)cc4)CC3)nc(OCC(F)(F)F)n2)cc1)C(=O)O. The van der Waals surface area contributed by atoms with E-state index in [2.05, 4.69) is 41.5 Å². The third-order valence-corrected chi connectivity index (χ3v) is 6.90. The Bertz CT molecular complexity index is 1510. The minimum Gasteiger partial charge on any atom is -0.480 e. The molecule has 0 bridgehead atoms. The van der Waals surface area contributed by atoms with E-state index in [4.69, 9.17) is 16.3 Å². The maximum absolute atomic E-state index is 12.9. The Morgan fingerprint density at radius 1 is 0.978 bits per heavy atom. The molecule has 2 aromatic carbocycles. The number of aromatic nitrogens is 3. The minimum absolute atomic E-state index is 0.00576. The van der Waals surface area contributed by atoms with Crippen LogP contribution in [0.5, 0.6) is 6.01 Å². The van der Waals surface area contributed by atoms with Gasteiger partial charge in [0.15, 0.2) is 6.61 Å². The highest BCUT2D eigenvalue weighted by atomic mass is 35.5. The number of halogens is 4. The predicted molar refractivity (Wildman–Crippen MR) is 158 cm³/mol. The number of ether oxygens (including phenoxy) is 1. The highest BCUT2D eigenvalue weighted by Gasteiger charge is 2.45. The van der Waals surface area contributed by atoms with Crippen molar-refractivity contribution in [3.63, 3.8) is 0 Å². The van der Waals surface area contributed by atoms with E-state index >= 15 is 0 Å². The Labute approximate surface area is 260 Å². The Hall–Kier alpha value is -4.86. The van der Waals surface area contributed by atoms with Crippen molar-refractivity contribution in [2.75, 3.05) is 36.1 Å². The molecule has 0 saturated heterocycles. The van der Waals surface area contributed by atoms with Crippen molar-refractivity contribution in [1.82, 2.24) is 25.6 Å². The second kappa shape index (κ2) is 14.3. The number of benzene rings is 2. The summed E-state index contributed by atoms with van der Waals surface area (Å²) in [6.45, 7) is -1.48. The first-order valence-corrected chi connectivity index (χ1v) is 14.1. The molecule has 6 N–H and O–H groups in total. The Morgan fingerprint density at radius 2 is 1.62 bits per heavy atom. The smallest absolute Gasteiger partial charge is 0.422 e. The fourth-order valence-electron chi connectivity index (χ4n) is 4.21. The molecular formula is C28H30ClF3N8O5. The van der Waals surface area contributed by atoms with Gasteiger partial charge in [0.25, 0.3) is 0 Å². The Kier molecular flexibility index (Phi) is 10.5. The Balaban J connectivity index is 1.42. The van der Waals surface area contributed by atoms with Crippen molar-refractivity contribution in [3.8, 4) is 6.01 Å². The normalized spacial score (nSPS) is 14.1. The number of nitrogens with one attached hydrogen (secondary N) is 5. The van der Waals surface area contributed by atoms with Gasteiger partial charge in [-0.05, 0) is 67.6 Å². The van der Waals surface area contributed by atoms with Gasteiger partial charge >= 0.3 is 30.0 Å². The van der Waals surface area contributed by atoms with Gasteiger partial charge in [-0.3, -0.25) is 9.59 Å². The first-order valence-electron chi connectivity index (χ1n) is 13.7. The molecule has 13 nitrogen and oxygen atoms in total. The average Bonchev–Trinajstić information content (AvgIpc) is 3.78. The highest BCUT2D eigenvalue weighted by Crippen LogP contribution is 2.48. The molecular weight excluding hydrogens is 621 g/mol. The fraction of sp³-hybridized carbons (Fsp3) is 0.357. The van der Waals surface area contributed by atoms with E-state index in [9.17, 15) is 32.7 Å². The number of hydrogen-bond donors (Lipinski definition) is 6. The van der Waals surface area contributed by atoms with Crippen molar-refractivity contribution >= 4 is 52.7 Å². The summed E-state index contributed by atoms with van der Waals surface area (Å²) in [5.74, 6) is -2.80. The van der Waals surface area contributed by atoms with Gasteiger partial charge in [0.2, 0.25) is 11.9 Å². The summed E-state index contributed by atoms with van der Waals surface area (Å²) in [5.41, 5.74) is 1.31. The van der Waals surface area contributed by atoms with E-state index in [1.54, 1.807) is 36.4 Å². The lowest BCUT2D eigenvalue weighted by Crippen LogP contribution is -2.39. The van der Waals surface area contributed by atoms with E-state index in [0.29, 0.717) is 22.8 Å². The van der Waals surface area contributed by atoms with Crippen LogP contribution in [0.15, 0.2) is 48.5 Å². The monoisotopic (exact) mass is 650 g/mol. The molecule has 1 fully saturated rings. The van der Waals surface area contributed by atoms with Crippen molar-refractivity contribution in [2.24, 2.45) is 0 Å². The van der Waals surface area contributed by atoms with Crippen LogP contribution in [0, 0.1) is 0 Å². The molecule has 0 radical (unpaired) electrons. The van der Waals surface area contributed by atoms with Crippen LogP contribution in [0.25, 0.3) is 0 Å². The van der Waals surface area contributed by atoms with Crippen molar-refractivity contribution in [3.05, 3.63) is 59.1 Å². The number of nitrogens with zero attached hydrogens (tertiary/aromatic N) is 3. The number of likely N-dealkylation sites (N-methyl/N-ethyl adjacent to an activating group) is 1. The largest absolute Gasteiger partial charge is 0.480 e. The van der Waals surface area contributed by atoms with Crippen LogP contribution in [0.2, 0.25) is 5.02 Å². The number of carbonyl (C=O) groups is 3. The number of carboxylic acids is 1. The Morgan fingerprint density at radius 3 is 2.22 bits per heavy atom. The molecule has 45 heavy (non-hydrogen) atoms. The number of rotatable bonds is 14. The maximum atomic E-state index is 12.9. The summed E-state index contributed by atoms with van der Waals surface area (Å²) in [4.78, 5) is 46.8. The summed E-state index contributed by atoms with van der Waals surface area (Å²) in [7, 11) is 1.32. The van der Waals surface area contributed by atoms with Gasteiger partial charge < -0.3 is 36.4 Å². The molecule has 1 unspecified atom stereocenters. The van der Waals surface area contributed by atoms with E-state index in [-0.39, 0.29) is 24.9 Å². The maximum Gasteiger partial charge on any atom is 0.422 e. The van der Waals surface area contributed by atoms with E-state index in [1.807, 2.05) is 12.1 Å². The lowest BCUT2D eigenvalue weighted by atomic mass is 10.1. The molecule has 1 aliphatic carbocycles. The van der Waals surface area contributed by atoms with Crippen LogP contribution in [0.3, 0.4) is 0 Å². The standard InChI is InChI=1S/C28H30ClF3N8O5/c1-33-21(41)22(42)34-14-2-3-20(23(43)44)35-18-8-10-19(11-9-18)36-24-37-25(39-26(38-24)45-15-28(30,31)32)40-27(12-13-27)16-4-6-17(29)7-5-16/h4-11,20,35H,2-3,12-15H2,1H3,(H,33,41)(H,34,42)(H,43,44)(H2,36,37,38,39,40). The second-order valence-corrected chi connectivity index (χ2v) is 10.5. The lowest BCUT2D eigenvalue weighted by molar-refractivity contribution is -0.154. The van der Waals surface area contributed by atoms with Gasteiger partial charge in [0.1, 0.15) is 6.04 Å². The molecule has 240 valence electrons. The van der Waals surface area contributed by atoms with Crippen LogP contribution in [0.1, 0.15) is 31.2 Å². The zero-order valence-electron chi connectivity index (χ0n) is 23.9. The molecule has 1 atom stereocenters. The fourth-order valence-corrected chi connectivity index (χ4v) is 4.34. The number of hydrogen-bond acceptors (Lipinski definition) is 10. The van der Waals surface area contributed by atoms with E-state index in [0.717, 1.165) is 18.4 Å². The van der Waals surface area contributed by atoms with Gasteiger partial charge in [0.05, 0.1) is 5.54 Å². The van der Waals surface area contributed by atoms with E-state index in [1.165, 1.54) is 7.05 Å². The molecule has 17 heteroatoms. The zero-order valence-corrected chi connectivity index (χ0v) is 24.6. The van der Waals surface area contributed by atoms with Gasteiger partial charge in [-0.25, -0.2) is 4.79 Å². The molecule has 0 spiro atoms.